The summed E-state index contributed by atoms with van der Waals surface area (Å²) in [6.45, 7) is 6.80. The van der Waals surface area contributed by atoms with Crippen molar-refractivity contribution in [1.82, 2.24) is 29.3 Å². The highest BCUT2D eigenvalue weighted by atomic mass is 16.5. The summed E-state index contributed by atoms with van der Waals surface area (Å²) in [6, 6.07) is 12.0. The molecule has 8 heteroatoms. The van der Waals surface area contributed by atoms with Gasteiger partial charge in [-0.25, -0.2) is 4.52 Å². The van der Waals surface area contributed by atoms with Crippen molar-refractivity contribution in [2.75, 3.05) is 32.8 Å². The molecule has 0 spiro atoms. The molecule has 1 aliphatic heterocycles. The summed E-state index contributed by atoms with van der Waals surface area (Å²) in [5.74, 6) is 0. The zero-order valence-electron chi connectivity index (χ0n) is 17.0. The number of rotatable bonds is 5. The first kappa shape index (κ1) is 18.9. The minimum Gasteiger partial charge on any atom is -0.379 e. The van der Waals surface area contributed by atoms with Gasteiger partial charge in [0.2, 0.25) is 0 Å². The number of hydrogen-bond donors (Lipinski definition) is 0. The molecule has 30 heavy (non-hydrogen) atoms. The molecule has 0 saturated carbocycles. The van der Waals surface area contributed by atoms with Crippen molar-refractivity contribution in [3.63, 3.8) is 0 Å². The maximum absolute atomic E-state index is 13.1. The van der Waals surface area contributed by atoms with Crippen LogP contribution in [0.1, 0.15) is 12.6 Å². The molecular weight excluding hydrogens is 380 g/mol. The van der Waals surface area contributed by atoms with Crippen LogP contribution in [0.15, 0.2) is 47.4 Å². The number of benzene rings is 1. The molecule has 1 aromatic carbocycles. The first-order chi connectivity index (χ1) is 14.8. The Bertz CT molecular complexity index is 1240. The van der Waals surface area contributed by atoms with E-state index in [0.717, 1.165) is 56.1 Å². The lowest BCUT2D eigenvalue weighted by Gasteiger charge is -2.26. The van der Waals surface area contributed by atoms with Crippen LogP contribution in [0.25, 0.3) is 27.8 Å². The van der Waals surface area contributed by atoms with Crippen LogP contribution >= 0.6 is 0 Å². The van der Waals surface area contributed by atoms with E-state index < -0.39 is 0 Å². The Labute approximate surface area is 173 Å². The minimum atomic E-state index is -0.134. The van der Waals surface area contributed by atoms with Gasteiger partial charge >= 0.3 is 0 Å². The van der Waals surface area contributed by atoms with Gasteiger partial charge in [-0.3, -0.25) is 9.69 Å². The van der Waals surface area contributed by atoms with Crippen molar-refractivity contribution in [1.29, 1.82) is 0 Å². The third-order valence-corrected chi connectivity index (χ3v) is 5.68. The molecule has 5 rings (SSSR count). The van der Waals surface area contributed by atoms with Crippen LogP contribution < -0.4 is 5.56 Å². The number of pyridine rings is 1. The Balaban J connectivity index is 1.56. The zero-order chi connectivity index (χ0) is 20.5. The molecule has 4 heterocycles. The molecule has 1 saturated heterocycles. The van der Waals surface area contributed by atoms with E-state index in [1.165, 1.54) is 0 Å². The van der Waals surface area contributed by atoms with Gasteiger partial charge in [0.1, 0.15) is 5.52 Å². The van der Waals surface area contributed by atoms with Crippen molar-refractivity contribution in [3.05, 3.63) is 58.6 Å². The monoisotopic (exact) mass is 404 g/mol. The van der Waals surface area contributed by atoms with Crippen LogP contribution in [0, 0.1) is 0 Å². The summed E-state index contributed by atoms with van der Waals surface area (Å²) in [4.78, 5) is 15.4. The van der Waals surface area contributed by atoms with Crippen LogP contribution in [0.5, 0.6) is 0 Å². The van der Waals surface area contributed by atoms with Gasteiger partial charge < -0.3 is 9.30 Å². The fourth-order valence-electron chi connectivity index (χ4n) is 4.03. The van der Waals surface area contributed by atoms with Gasteiger partial charge in [-0.1, -0.05) is 37.3 Å². The molecule has 0 unspecified atom stereocenters. The van der Waals surface area contributed by atoms with Gasteiger partial charge in [0.25, 0.3) is 5.56 Å². The van der Waals surface area contributed by atoms with Crippen molar-refractivity contribution in [2.45, 2.75) is 19.9 Å². The molecule has 0 bridgehead atoms. The molecule has 0 amide bonds. The number of morpholine rings is 1. The van der Waals surface area contributed by atoms with E-state index in [-0.39, 0.29) is 5.56 Å². The van der Waals surface area contributed by atoms with Gasteiger partial charge in [0.15, 0.2) is 11.2 Å². The smallest absolute Gasteiger partial charge is 0.280 e. The Morgan fingerprint density at radius 2 is 1.83 bits per heavy atom. The molecule has 0 aliphatic carbocycles. The van der Waals surface area contributed by atoms with Crippen LogP contribution in [0.3, 0.4) is 0 Å². The second-order valence-electron chi connectivity index (χ2n) is 7.48. The Morgan fingerprint density at radius 1 is 1.03 bits per heavy atom. The number of ether oxygens (including phenoxy) is 1. The van der Waals surface area contributed by atoms with Crippen LogP contribution in [-0.2, 0) is 17.7 Å². The molecule has 4 aromatic rings. The van der Waals surface area contributed by atoms with Crippen molar-refractivity contribution in [3.8, 4) is 11.1 Å². The molecular formula is C22H24N6O2. The summed E-state index contributed by atoms with van der Waals surface area (Å²) >= 11 is 0. The highest BCUT2D eigenvalue weighted by Gasteiger charge is 2.19. The molecule has 154 valence electrons. The fourth-order valence-corrected chi connectivity index (χ4v) is 4.03. The number of fused-ring (bicyclic) bond motifs is 3. The highest BCUT2D eigenvalue weighted by Crippen LogP contribution is 2.28. The average Bonchev–Trinajstić information content (AvgIpc) is 3.19. The van der Waals surface area contributed by atoms with Gasteiger partial charge in [0.05, 0.1) is 24.5 Å². The van der Waals surface area contributed by atoms with E-state index in [4.69, 9.17) is 9.84 Å². The van der Waals surface area contributed by atoms with Gasteiger partial charge in [-0.2, -0.15) is 5.10 Å². The SMILES string of the molecule is CCc1nn2c(nnc3c(=O)n(CCN4CCOCC4)ccc32)c1-c1ccccc1. The van der Waals surface area contributed by atoms with E-state index in [9.17, 15) is 4.79 Å². The first-order valence-electron chi connectivity index (χ1n) is 10.4. The molecule has 3 aromatic heterocycles. The second-order valence-corrected chi connectivity index (χ2v) is 7.48. The topological polar surface area (TPSA) is 77.5 Å². The van der Waals surface area contributed by atoms with Crippen LogP contribution in [0.4, 0.5) is 0 Å². The molecule has 0 radical (unpaired) electrons. The van der Waals surface area contributed by atoms with Gasteiger partial charge in [-0.05, 0) is 18.1 Å². The lowest BCUT2D eigenvalue weighted by Crippen LogP contribution is -2.39. The van der Waals surface area contributed by atoms with Gasteiger partial charge in [-0.15, -0.1) is 10.2 Å². The Hall–Kier alpha value is -3.10. The summed E-state index contributed by atoms with van der Waals surface area (Å²) in [6.07, 6.45) is 2.60. The van der Waals surface area contributed by atoms with E-state index in [2.05, 4.69) is 22.0 Å². The summed E-state index contributed by atoms with van der Waals surface area (Å²) in [7, 11) is 0. The lowest BCUT2D eigenvalue weighted by molar-refractivity contribution is 0.0363. The largest absolute Gasteiger partial charge is 0.379 e. The lowest BCUT2D eigenvalue weighted by atomic mass is 10.0. The van der Waals surface area contributed by atoms with Crippen molar-refractivity contribution < 1.29 is 4.74 Å². The second kappa shape index (κ2) is 7.97. The number of aromatic nitrogens is 5. The Morgan fingerprint density at radius 3 is 2.60 bits per heavy atom. The van der Waals surface area contributed by atoms with Crippen LogP contribution in [-0.4, -0.2) is 62.1 Å². The molecule has 1 aliphatic rings. The molecule has 0 atom stereocenters. The van der Waals surface area contributed by atoms with E-state index in [0.29, 0.717) is 23.2 Å². The summed E-state index contributed by atoms with van der Waals surface area (Å²) in [5, 5.41) is 13.5. The summed E-state index contributed by atoms with van der Waals surface area (Å²) < 4.78 is 8.86. The molecule has 1 fully saturated rings. The molecule has 0 N–H and O–H groups in total. The van der Waals surface area contributed by atoms with Crippen molar-refractivity contribution >= 4 is 16.7 Å². The van der Waals surface area contributed by atoms with Gasteiger partial charge in [0, 0.05) is 32.4 Å². The average molecular weight is 404 g/mol. The quantitative estimate of drug-likeness (QED) is 0.506. The first-order valence-corrected chi connectivity index (χ1v) is 10.4. The predicted octanol–water partition coefficient (Wildman–Crippen LogP) is 2.00. The number of nitrogens with zero attached hydrogens (tertiary/aromatic N) is 6. The maximum Gasteiger partial charge on any atom is 0.280 e. The minimum absolute atomic E-state index is 0.134. The van der Waals surface area contributed by atoms with Crippen LogP contribution in [0.2, 0.25) is 0 Å². The van der Waals surface area contributed by atoms with E-state index >= 15 is 0 Å². The van der Waals surface area contributed by atoms with E-state index in [1.807, 2.05) is 42.6 Å². The highest BCUT2D eigenvalue weighted by molar-refractivity contribution is 5.84. The third kappa shape index (κ3) is 3.28. The Kier molecular flexibility index (Phi) is 5.02. The normalized spacial score (nSPS) is 15.2. The maximum atomic E-state index is 13.1. The number of aryl methyl sites for hydroxylation is 1. The fraction of sp³-hybridized carbons (Fsp3) is 0.364. The standard InChI is InChI=1S/C22H24N6O2/c1-2-17-19(16-6-4-3-5-7-16)21-24-23-20-18(28(21)25-17)8-9-27(22(20)29)11-10-26-12-14-30-15-13-26/h3-9H,2,10-15H2,1H3. The zero-order valence-corrected chi connectivity index (χ0v) is 17.0. The predicted molar refractivity (Wildman–Crippen MR) is 115 cm³/mol. The van der Waals surface area contributed by atoms with Crippen molar-refractivity contribution in [2.24, 2.45) is 0 Å². The molecule has 8 nitrogen and oxygen atoms in total. The number of hydrogen-bond acceptors (Lipinski definition) is 6. The third-order valence-electron chi connectivity index (χ3n) is 5.68. The summed E-state index contributed by atoms with van der Waals surface area (Å²) in [5.41, 5.74) is 4.54. The van der Waals surface area contributed by atoms with E-state index in [1.54, 1.807) is 9.08 Å².